The summed E-state index contributed by atoms with van der Waals surface area (Å²) in [7, 11) is 1.54. The van der Waals surface area contributed by atoms with Crippen LogP contribution in [0.2, 0.25) is 5.15 Å². The van der Waals surface area contributed by atoms with Crippen molar-refractivity contribution in [1.29, 1.82) is 0 Å². The van der Waals surface area contributed by atoms with E-state index in [2.05, 4.69) is 15.3 Å². The van der Waals surface area contributed by atoms with Gasteiger partial charge >= 0.3 is 5.69 Å². The Hall–Kier alpha value is -1.96. The molecule has 19 heavy (non-hydrogen) atoms. The normalized spacial score (nSPS) is 14.0. The molecule has 2 rings (SSSR count). The molecular weight excluding hydrogens is 274 g/mol. The zero-order chi connectivity index (χ0) is 14.0. The average Bonchev–Trinajstić information content (AvgIpc) is 3.11. The second-order valence-corrected chi connectivity index (χ2v) is 4.65. The third-order valence-corrected chi connectivity index (χ3v) is 2.90. The van der Waals surface area contributed by atoms with Crippen LogP contribution in [0.25, 0.3) is 0 Å². The van der Waals surface area contributed by atoms with E-state index in [1.165, 1.54) is 11.9 Å². The Kier molecular flexibility index (Phi) is 3.79. The Morgan fingerprint density at radius 3 is 2.89 bits per heavy atom. The first-order valence-electron chi connectivity index (χ1n) is 5.64. The number of aromatic nitrogens is 2. The fraction of sp³-hybridized carbons (Fsp3) is 0.500. The minimum atomic E-state index is -0.660. The number of anilines is 1. The summed E-state index contributed by atoms with van der Waals surface area (Å²) in [4.78, 5) is 30.7. The van der Waals surface area contributed by atoms with Gasteiger partial charge in [-0.1, -0.05) is 11.6 Å². The van der Waals surface area contributed by atoms with Crippen molar-refractivity contribution in [2.45, 2.75) is 18.9 Å². The van der Waals surface area contributed by atoms with E-state index in [1.807, 2.05) is 0 Å². The van der Waals surface area contributed by atoms with Crippen LogP contribution in [-0.4, -0.2) is 40.4 Å². The number of nitro groups is 1. The summed E-state index contributed by atoms with van der Waals surface area (Å²) in [6.45, 7) is -0.0231. The van der Waals surface area contributed by atoms with Crippen molar-refractivity contribution in [2.75, 3.05) is 18.5 Å². The summed E-state index contributed by atoms with van der Waals surface area (Å²) in [6, 6.07) is 0.241. The second kappa shape index (κ2) is 5.35. The standard InChI is InChI=1S/C10H12ClN5O3/c1-15(4-7(17)14-6-2-3-6)10-8(16(18)19)9(11)12-5-13-10/h5-6H,2-4H2,1H3,(H,14,17). The molecule has 1 aromatic rings. The smallest absolute Gasteiger partial charge is 0.348 e. The first-order chi connectivity index (χ1) is 8.99. The van der Waals surface area contributed by atoms with Crippen LogP contribution in [0.5, 0.6) is 0 Å². The highest BCUT2D eigenvalue weighted by Crippen LogP contribution is 2.30. The van der Waals surface area contributed by atoms with Gasteiger partial charge in [0.25, 0.3) is 0 Å². The molecule has 0 aliphatic heterocycles. The van der Waals surface area contributed by atoms with Crippen molar-refractivity contribution in [2.24, 2.45) is 0 Å². The van der Waals surface area contributed by atoms with Gasteiger partial charge in [0.2, 0.25) is 16.9 Å². The third kappa shape index (κ3) is 3.28. The zero-order valence-electron chi connectivity index (χ0n) is 10.2. The highest BCUT2D eigenvalue weighted by Gasteiger charge is 2.27. The zero-order valence-corrected chi connectivity index (χ0v) is 10.9. The lowest BCUT2D eigenvalue weighted by Gasteiger charge is -2.17. The number of rotatable bonds is 5. The fourth-order valence-corrected chi connectivity index (χ4v) is 1.77. The number of nitrogens with one attached hydrogen (secondary N) is 1. The molecule has 1 amide bonds. The molecule has 1 aliphatic rings. The number of hydrogen-bond donors (Lipinski definition) is 1. The molecule has 1 aromatic heterocycles. The van der Waals surface area contributed by atoms with Crippen molar-refractivity contribution in [1.82, 2.24) is 15.3 Å². The van der Waals surface area contributed by atoms with Gasteiger partial charge in [-0.2, -0.15) is 0 Å². The number of nitrogens with zero attached hydrogens (tertiary/aromatic N) is 4. The van der Waals surface area contributed by atoms with Gasteiger partial charge in [0.05, 0.1) is 11.5 Å². The number of halogens is 1. The highest BCUT2D eigenvalue weighted by molar-refractivity contribution is 6.31. The molecule has 1 heterocycles. The summed E-state index contributed by atoms with van der Waals surface area (Å²) in [5.41, 5.74) is -0.397. The predicted molar refractivity (Wildman–Crippen MR) is 68.1 cm³/mol. The molecule has 9 heteroatoms. The average molecular weight is 286 g/mol. The monoisotopic (exact) mass is 285 g/mol. The van der Waals surface area contributed by atoms with E-state index in [9.17, 15) is 14.9 Å². The Morgan fingerprint density at radius 2 is 2.32 bits per heavy atom. The van der Waals surface area contributed by atoms with Crippen molar-refractivity contribution >= 4 is 29.0 Å². The lowest BCUT2D eigenvalue weighted by Crippen LogP contribution is -2.36. The molecule has 102 valence electrons. The number of likely N-dealkylation sites (N-methyl/N-ethyl adjacent to an activating group) is 1. The first-order valence-corrected chi connectivity index (χ1v) is 6.02. The van der Waals surface area contributed by atoms with Crippen LogP contribution >= 0.6 is 11.6 Å². The minimum Gasteiger partial charge on any atom is -0.352 e. The molecule has 1 aliphatic carbocycles. The Bertz CT molecular complexity index is 520. The van der Waals surface area contributed by atoms with Crippen LogP contribution in [-0.2, 0) is 4.79 Å². The van der Waals surface area contributed by atoms with Gasteiger partial charge in [-0.3, -0.25) is 14.9 Å². The van der Waals surface area contributed by atoms with Gasteiger partial charge in [-0.25, -0.2) is 9.97 Å². The van der Waals surface area contributed by atoms with E-state index in [4.69, 9.17) is 11.6 Å². The molecule has 1 saturated carbocycles. The molecule has 8 nitrogen and oxygen atoms in total. The van der Waals surface area contributed by atoms with Crippen LogP contribution in [0.15, 0.2) is 6.33 Å². The Balaban J connectivity index is 2.13. The van der Waals surface area contributed by atoms with Crippen molar-refractivity contribution < 1.29 is 9.72 Å². The molecule has 1 fully saturated rings. The largest absolute Gasteiger partial charge is 0.352 e. The summed E-state index contributed by atoms with van der Waals surface area (Å²) >= 11 is 5.68. The molecule has 0 unspecified atom stereocenters. The van der Waals surface area contributed by atoms with E-state index in [-0.39, 0.29) is 29.5 Å². The van der Waals surface area contributed by atoms with Crippen molar-refractivity contribution in [3.63, 3.8) is 0 Å². The topological polar surface area (TPSA) is 101 Å². The SMILES string of the molecule is CN(CC(=O)NC1CC1)c1ncnc(Cl)c1[N+](=O)[O-]. The fourth-order valence-electron chi connectivity index (χ4n) is 1.58. The van der Waals surface area contributed by atoms with E-state index in [1.54, 1.807) is 0 Å². The third-order valence-electron chi connectivity index (χ3n) is 2.63. The lowest BCUT2D eigenvalue weighted by atomic mass is 10.4. The number of carbonyl (C=O) groups is 1. The summed E-state index contributed by atoms with van der Waals surface area (Å²) < 4.78 is 0. The number of carbonyl (C=O) groups excluding carboxylic acids is 1. The second-order valence-electron chi connectivity index (χ2n) is 4.29. The highest BCUT2D eigenvalue weighted by atomic mass is 35.5. The molecule has 0 atom stereocenters. The number of hydrogen-bond acceptors (Lipinski definition) is 6. The van der Waals surface area contributed by atoms with Crippen LogP contribution in [0, 0.1) is 10.1 Å². The maximum Gasteiger partial charge on any atom is 0.348 e. The molecule has 0 aromatic carbocycles. The van der Waals surface area contributed by atoms with E-state index >= 15 is 0 Å². The van der Waals surface area contributed by atoms with Crippen molar-refractivity contribution in [3.8, 4) is 0 Å². The maximum absolute atomic E-state index is 11.6. The molecule has 0 spiro atoms. The van der Waals surface area contributed by atoms with Gasteiger partial charge < -0.3 is 10.2 Å². The Morgan fingerprint density at radius 1 is 1.63 bits per heavy atom. The van der Waals surface area contributed by atoms with Gasteiger partial charge in [-0.05, 0) is 12.8 Å². The van der Waals surface area contributed by atoms with Crippen LogP contribution < -0.4 is 10.2 Å². The minimum absolute atomic E-state index is 0.0231. The Labute approximate surface area is 113 Å². The van der Waals surface area contributed by atoms with Crippen LogP contribution in [0.4, 0.5) is 11.5 Å². The van der Waals surface area contributed by atoms with Gasteiger partial charge in [-0.15, -0.1) is 0 Å². The molecule has 0 saturated heterocycles. The molecule has 0 radical (unpaired) electrons. The van der Waals surface area contributed by atoms with E-state index in [0.717, 1.165) is 19.2 Å². The lowest BCUT2D eigenvalue weighted by molar-refractivity contribution is -0.384. The molecular formula is C10H12ClN5O3. The molecule has 0 bridgehead atoms. The van der Waals surface area contributed by atoms with Crippen molar-refractivity contribution in [3.05, 3.63) is 21.6 Å². The first kappa shape index (κ1) is 13.5. The van der Waals surface area contributed by atoms with E-state index < -0.39 is 10.6 Å². The summed E-state index contributed by atoms with van der Waals surface area (Å²) in [5.74, 6) is -0.176. The summed E-state index contributed by atoms with van der Waals surface area (Å²) in [6.07, 6.45) is 3.09. The van der Waals surface area contributed by atoms with Gasteiger partial charge in [0.1, 0.15) is 6.33 Å². The quantitative estimate of drug-likeness (QED) is 0.487. The summed E-state index contributed by atoms with van der Waals surface area (Å²) in [5, 5.41) is 13.5. The van der Waals surface area contributed by atoms with Crippen LogP contribution in [0.3, 0.4) is 0 Å². The van der Waals surface area contributed by atoms with Gasteiger partial charge in [0, 0.05) is 13.1 Å². The molecule has 1 N–H and O–H groups in total. The maximum atomic E-state index is 11.6. The predicted octanol–water partition coefficient (Wildman–Crippen LogP) is 0.753. The van der Waals surface area contributed by atoms with Gasteiger partial charge in [0.15, 0.2) is 0 Å². The van der Waals surface area contributed by atoms with E-state index in [0.29, 0.717) is 0 Å². The number of amides is 1. The van der Waals surface area contributed by atoms with Crippen LogP contribution in [0.1, 0.15) is 12.8 Å².